The van der Waals surface area contributed by atoms with Crippen molar-refractivity contribution in [2.24, 2.45) is 0 Å². The zero-order valence-corrected chi connectivity index (χ0v) is 21.0. The smallest absolute Gasteiger partial charge is 0.351 e. The number of nitrogens with zero attached hydrogens (tertiary/aromatic N) is 6. The van der Waals surface area contributed by atoms with Crippen molar-refractivity contribution in [1.29, 1.82) is 0 Å². The molecule has 2 fully saturated rings. The van der Waals surface area contributed by atoms with Gasteiger partial charge in [-0.2, -0.15) is 13.2 Å². The van der Waals surface area contributed by atoms with Crippen LogP contribution in [0.25, 0.3) is 17.2 Å². The highest BCUT2D eigenvalue weighted by molar-refractivity contribution is 7.88. The van der Waals surface area contributed by atoms with Gasteiger partial charge in [0.1, 0.15) is 17.2 Å². The van der Waals surface area contributed by atoms with Crippen LogP contribution in [0.4, 0.5) is 19.0 Å². The van der Waals surface area contributed by atoms with Crippen molar-refractivity contribution in [2.75, 3.05) is 24.2 Å². The average molecular weight is 524 g/mol. The third-order valence-corrected chi connectivity index (χ3v) is 7.69. The van der Waals surface area contributed by atoms with E-state index in [2.05, 4.69) is 24.5 Å². The summed E-state index contributed by atoms with van der Waals surface area (Å²) in [6, 6.07) is 4.05. The summed E-state index contributed by atoms with van der Waals surface area (Å²) < 4.78 is 67.9. The lowest BCUT2D eigenvalue weighted by Gasteiger charge is -2.49. The van der Waals surface area contributed by atoms with Crippen LogP contribution < -0.4 is 9.62 Å². The Labute approximate surface area is 207 Å². The van der Waals surface area contributed by atoms with Gasteiger partial charge in [-0.3, -0.25) is 9.30 Å². The van der Waals surface area contributed by atoms with Crippen LogP contribution in [0, 0.1) is 0 Å². The van der Waals surface area contributed by atoms with Gasteiger partial charge in [0.2, 0.25) is 10.0 Å². The zero-order valence-electron chi connectivity index (χ0n) is 20.1. The second-order valence-electron chi connectivity index (χ2n) is 9.60. The first kappa shape index (κ1) is 24.9. The van der Waals surface area contributed by atoms with Gasteiger partial charge in [-0.05, 0) is 44.9 Å². The molecule has 0 aromatic carbocycles. The molecule has 1 aliphatic heterocycles. The Morgan fingerprint density at radius 1 is 1.14 bits per heavy atom. The van der Waals surface area contributed by atoms with Crippen LogP contribution >= 0.6 is 0 Å². The highest BCUT2D eigenvalue weighted by Crippen LogP contribution is 2.35. The fourth-order valence-corrected chi connectivity index (χ4v) is 6.07. The Bertz CT molecular complexity index is 1370. The van der Waals surface area contributed by atoms with Gasteiger partial charge >= 0.3 is 6.18 Å². The number of piperazine rings is 1. The molecular formula is C23H28F3N7O2S. The van der Waals surface area contributed by atoms with Crippen molar-refractivity contribution in [2.45, 2.75) is 57.0 Å². The van der Waals surface area contributed by atoms with Crippen molar-refractivity contribution >= 4 is 21.5 Å². The van der Waals surface area contributed by atoms with E-state index in [0.717, 1.165) is 37.9 Å². The Balaban J connectivity index is 1.48. The van der Waals surface area contributed by atoms with E-state index < -0.39 is 21.8 Å². The van der Waals surface area contributed by atoms with Crippen molar-refractivity contribution in [1.82, 2.24) is 29.0 Å². The van der Waals surface area contributed by atoms with Gasteiger partial charge in [0.15, 0.2) is 5.82 Å². The second-order valence-corrected chi connectivity index (χ2v) is 11.4. The number of anilines is 1. The molecule has 3 atom stereocenters. The summed E-state index contributed by atoms with van der Waals surface area (Å²) in [4.78, 5) is 17.7. The minimum absolute atomic E-state index is 0.0784. The molecule has 1 aliphatic carbocycles. The maximum atomic E-state index is 13.3. The molecule has 9 nitrogen and oxygen atoms in total. The third kappa shape index (κ3) is 4.91. The summed E-state index contributed by atoms with van der Waals surface area (Å²) in [7, 11) is -3.39. The number of halogens is 3. The third-order valence-electron chi connectivity index (χ3n) is 6.89. The van der Waals surface area contributed by atoms with E-state index in [1.165, 1.54) is 16.7 Å². The number of pyridine rings is 1. The summed E-state index contributed by atoms with van der Waals surface area (Å²) in [5.74, 6) is 0.886. The van der Waals surface area contributed by atoms with E-state index in [4.69, 9.17) is 4.98 Å². The van der Waals surface area contributed by atoms with Crippen LogP contribution in [0.2, 0.25) is 0 Å². The number of fused-ring (bicyclic) bond motifs is 1. The zero-order chi connectivity index (χ0) is 25.8. The van der Waals surface area contributed by atoms with Crippen LogP contribution in [0.5, 0.6) is 0 Å². The number of aromatic nitrogens is 4. The number of sulfonamides is 1. The molecule has 0 spiro atoms. The fraction of sp³-hybridized carbons (Fsp3) is 0.522. The number of rotatable bonds is 6. The second kappa shape index (κ2) is 8.96. The monoisotopic (exact) mass is 523 g/mol. The summed E-state index contributed by atoms with van der Waals surface area (Å²) >= 11 is 0. The molecule has 3 aromatic rings. The number of nitrogens with one attached hydrogen (secondary N) is 1. The highest BCUT2D eigenvalue weighted by atomic mass is 32.2. The van der Waals surface area contributed by atoms with Gasteiger partial charge in [-0.15, -0.1) is 0 Å². The lowest BCUT2D eigenvalue weighted by molar-refractivity contribution is -0.137. The quantitative estimate of drug-likeness (QED) is 0.531. The van der Waals surface area contributed by atoms with Gasteiger partial charge in [-0.1, -0.05) is 0 Å². The van der Waals surface area contributed by atoms with Gasteiger partial charge in [0.25, 0.3) is 0 Å². The highest BCUT2D eigenvalue weighted by Gasteiger charge is 2.44. The molecule has 3 aromatic heterocycles. The maximum Gasteiger partial charge on any atom is 0.417 e. The minimum Gasteiger partial charge on any atom is -0.351 e. The molecule has 4 heterocycles. The Morgan fingerprint density at radius 2 is 1.89 bits per heavy atom. The Kier molecular flexibility index (Phi) is 6.20. The van der Waals surface area contributed by atoms with Crippen LogP contribution in [-0.2, 0) is 16.2 Å². The molecule has 194 valence electrons. The van der Waals surface area contributed by atoms with Crippen LogP contribution in [0.15, 0.2) is 36.8 Å². The molecule has 36 heavy (non-hydrogen) atoms. The first-order valence-electron chi connectivity index (χ1n) is 11.8. The van der Waals surface area contributed by atoms with E-state index in [9.17, 15) is 21.6 Å². The SMILES string of the molecule is C[C@@H]1[C@H]([C@@H](C)NS(C)(=O)=O)N(C2CC2)CCN1c1ccnc(-c2cnc3ccc(C(F)(F)F)cn23)n1. The first-order chi connectivity index (χ1) is 16.9. The summed E-state index contributed by atoms with van der Waals surface area (Å²) in [5.41, 5.74) is -0.0736. The number of hydrogen-bond acceptors (Lipinski definition) is 7. The van der Waals surface area contributed by atoms with Crippen molar-refractivity contribution < 1.29 is 21.6 Å². The Hall–Kier alpha value is -2.77. The molecule has 5 rings (SSSR count). The van der Waals surface area contributed by atoms with Gasteiger partial charge in [-0.25, -0.2) is 28.1 Å². The summed E-state index contributed by atoms with van der Waals surface area (Å²) in [6.07, 6.45) is 2.91. The first-order valence-corrected chi connectivity index (χ1v) is 13.7. The molecule has 0 unspecified atom stereocenters. The van der Waals surface area contributed by atoms with Gasteiger partial charge < -0.3 is 4.90 Å². The number of hydrogen-bond donors (Lipinski definition) is 1. The average Bonchev–Trinajstić information content (AvgIpc) is 3.55. The topological polar surface area (TPSA) is 95.7 Å². The number of imidazole rings is 1. The molecular weight excluding hydrogens is 495 g/mol. The van der Waals surface area contributed by atoms with Crippen molar-refractivity contribution in [3.8, 4) is 11.5 Å². The number of alkyl halides is 3. The van der Waals surface area contributed by atoms with E-state index in [-0.39, 0.29) is 23.9 Å². The molecule has 0 radical (unpaired) electrons. The molecule has 0 bridgehead atoms. The van der Waals surface area contributed by atoms with Crippen LogP contribution in [0.3, 0.4) is 0 Å². The van der Waals surface area contributed by atoms with E-state index in [0.29, 0.717) is 29.7 Å². The predicted molar refractivity (Wildman–Crippen MR) is 129 cm³/mol. The molecule has 1 saturated heterocycles. The lowest BCUT2D eigenvalue weighted by Crippen LogP contribution is -2.65. The standard InChI is InChI=1S/C23H28F3N7O2S/c1-14(30-36(3,34)35)21-15(2)31(10-11-32(21)17-5-6-17)20-8-9-27-22(29-20)18-12-28-19-7-4-16(13-33(18)19)23(24,25)26/h4,7-9,12-15,17,21,30H,5-6,10-11H2,1-3H3/t14-,15-,21+/m1/s1. The summed E-state index contributed by atoms with van der Waals surface area (Å²) in [6.45, 7) is 5.36. The van der Waals surface area contributed by atoms with Crippen LogP contribution in [0.1, 0.15) is 32.3 Å². The normalized spacial score (nSPS) is 22.8. The van der Waals surface area contributed by atoms with Gasteiger partial charge in [0, 0.05) is 49.7 Å². The fourth-order valence-electron chi connectivity index (χ4n) is 5.25. The molecule has 2 aliphatic rings. The minimum atomic E-state index is -4.49. The van der Waals surface area contributed by atoms with E-state index in [1.54, 1.807) is 12.3 Å². The van der Waals surface area contributed by atoms with Gasteiger partial charge in [0.05, 0.1) is 18.0 Å². The van der Waals surface area contributed by atoms with E-state index in [1.807, 2.05) is 13.8 Å². The van der Waals surface area contributed by atoms with Crippen molar-refractivity contribution in [3.63, 3.8) is 0 Å². The molecule has 1 N–H and O–H groups in total. The van der Waals surface area contributed by atoms with Crippen molar-refractivity contribution in [3.05, 3.63) is 42.4 Å². The largest absolute Gasteiger partial charge is 0.417 e. The summed E-state index contributed by atoms with van der Waals surface area (Å²) in [5, 5.41) is 0. The Morgan fingerprint density at radius 3 is 2.56 bits per heavy atom. The lowest BCUT2D eigenvalue weighted by atomic mass is 9.96. The molecule has 0 amide bonds. The predicted octanol–water partition coefficient (Wildman–Crippen LogP) is 2.79. The molecule has 1 saturated carbocycles. The maximum absolute atomic E-state index is 13.3. The van der Waals surface area contributed by atoms with E-state index >= 15 is 0 Å². The molecule has 13 heteroatoms. The van der Waals surface area contributed by atoms with Crippen LogP contribution in [-0.4, -0.2) is 76.2 Å².